The van der Waals surface area contributed by atoms with E-state index < -0.39 is 0 Å². The lowest BCUT2D eigenvalue weighted by Crippen LogP contribution is -2.28. The summed E-state index contributed by atoms with van der Waals surface area (Å²) in [5.41, 5.74) is 7.07. The van der Waals surface area contributed by atoms with Gasteiger partial charge in [0.2, 0.25) is 5.95 Å². The summed E-state index contributed by atoms with van der Waals surface area (Å²) in [6.45, 7) is 0.969. The Bertz CT molecular complexity index is 1080. The van der Waals surface area contributed by atoms with Crippen LogP contribution in [-0.4, -0.2) is 27.7 Å². The molecule has 3 atom stereocenters. The molecule has 150 valence electrons. The molecule has 2 fully saturated rings. The third kappa shape index (κ3) is 3.46. The highest BCUT2D eigenvalue weighted by molar-refractivity contribution is 5.76. The van der Waals surface area contributed by atoms with E-state index in [1.807, 2.05) is 34.9 Å². The fraction of sp³-hybridized carbons (Fsp3) is 0.409. The van der Waals surface area contributed by atoms with Crippen LogP contribution < -0.4 is 21.3 Å². The number of pyridine rings is 1. The van der Waals surface area contributed by atoms with Crippen LogP contribution in [0.15, 0.2) is 47.4 Å². The van der Waals surface area contributed by atoms with Gasteiger partial charge in [0.25, 0.3) is 5.56 Å². The van der Waals surface area contributed by atoms with E-state index in [1.54, 1.807) is 12.3 Å². The van der Waals surface area contributed by atoms with E-state index in [2.05, 4.69) is 10.3 Å². The minimum absolute atomic E-state index is 0.0288. The molecule has 0 saturated heterocycles. The number of nitrogens with one attached hydrogen (secondary N) is 1. The van der Waals surface area contributed by atoms with Gasteiger partial charge in [-0.1, -0.05) is 6.42 Å². The van der Waals surface area contributed by atoms with Gasteiger partial charge >= 0.3 is 0 Å². The van der Waals surface area contributed by atoms with E-state index in [0.717, 1.165) is 34.8 Å². The zero-order valence-corrected chi connectivity index (χ0v) is 16.3. The maximum Gasteiger partial charge on any atom is 0.252 e. The summed E-state index contributed by atoms with van der Waals surface area (Å²) in [5.74, 6) is 2.60. The summed E-state index contributed by atoms with van der Waals surface area (Å²) in [5, 5.41) is 4.12. The SMILES string of the molecule is NCCOc1ccc(Nc2ncc3ccc(=O)n(C4CC5CCC4C5)c3n2)cc1. The molecule has 7 nitrogen and oxygen atoms in total. The molecule has 29 heavy (non-hydrogen) atoms. The third-order valence-corrected chi connectivity index (χ3v) is 6.20. The van der Waals surface area contributed by atoms with Crippen LogP contribution in [0.4, 0.5) is 11.6 Å². The number of nitrogens with two attached hydrogens (primary N) is 1. The van der Waals surface area contributed by atoms with E-state index in [9.17, 15) is 4.79 Å². The highest BCUT2D eigenvalue weighted by atomic mass is 16.5. The Balaban J connectivity index is 1.45. The van der Waals surface area contributed by atoms with Gasteiger partial charge in [0.1, 0.15) is 18.0 Å². The van der Waals surface area contributed by atoms with Gasteiger partial charge in [-0.15, -0.1) is 0 Å². The lowest BCUT2D eigenvalue weighted by atomic mass is 9.95. The molecule has 0 radical (unpaired) electrons. The summed E-state index contributed by atoms with van der Waals surface area (Å²) in [7, 11) is 0. The Morgan fingerprint density at radius 2 is 2.00 bits per heavy atom. The zero-order valence-electron chi connectivity index (χ0n) is 16.3. The maximum absolute atomic E-state index is 12.7. The van der Waals surface area contributed by atoms with Crippen molar-refractivity contribution in [2.24, 2.45) is 17.6 Å². The highest BCUT2D eigenvalue weighted by Crippen LogP contribution is 2.50. The number of rotatable bonds is 6. The summed E-state index contributed by atoms with van der Waals surface area (Å²) in [4.78, 5) is 21.9. The number of benzene rings is 1. The Hall–Kier alpha value is -2.93. The fourth-order valence-electron chi connectivity index (χ4n) is 4.89. The first-order chi connectivity index (χ1) is 14.2. The number of aromatic nitrogens is 3. The van der Waals surface area contributed by atoms with Crippen molar-refractivity contribution >= 4 is 22.7 Å². The molecule has 2 heterocycles. The molecule has 0 amide bonds. The van der Waals surface area contributed by atoms with Crippen molar-refractivity contribution in [2.45, 2.75) is 31.7 Å². The van der Waals surface area contributed by atoms with Crippen LogP contribution in [0.1, 0.15) is 31.7 Å². The molecule has 0 spiro atoms. The monoisotopic (exact) mass is 391 g/mol. The van der Waals surface area contributed by atoms with Gasteiger partial charge in [0.05, 0.1) is 0 Å². The van der Waals surface area contributed by atoms with Gasteiger partial charge < -0.3 is 15.8 Å². The van der Waals surface area contributed by atoms with Crippen LogP contribution in [0.3, 0.4) is 0 Å². The molecular weight excluding hydrogens is 366 g/mol. The maximum atomic E-state index is 12.7. The first-order valence-electron chi connectivity index (χ1n) is 10.3. The van der Waals surface area contributed by atoms with Gasteiger partial charge in [-0.05, 0) is 61.4 Å². The minimum Gasteiger partial charge on any atom is -0.492 e. The average Bonchev–Trinajstić information content (AvgIpc) is 3.37. The lowest BCUT2D eigenvalue weighted by Gasteiger charge is -2.25. The van der Waals surface area contributed by atoms with Crippen LogP contribution in [0.2, 0.25) is 0 Å². The van der Waals surface area contributed by atoms with Crippen LogP contribution in [0.5, 0.6) is 5.75 Å². The van der Waals surface area contributed by atoms with E-state index >= 15 is 0 Å². The van der Waals surface area contributed by atoms with Gasteiger partial charge in [-0.25, -0.2) is 4.98 Å². The van der Waals surface area contributed by atoms with E-state index in [0.29, 0.717) is 25.0 Å². The molecule has 3 unspecified atom stereocenters. The van der Waals surface area contributed by atoms with Gasteiger partial charge in [-0.2, -0.15) is 4.98 Å². The minimum atomic E-state index is 0.0288. The second-order valence-corrected chi connectivity index (χ2v) is 8.04. The molecule has 2 aromatic heterocycles. The summed E-state index contributed by atoms with van der Waals surface area (Å²) < 4.78 is 7.42. The summed E-state index contributed by atoms with van der Waals surface area (Å²) in [6.07, 6.45) is 6.62. The van der Waals surface area contributed by atoms with Crippen LogP contribution in [0.25, 0.3) is 11.0 Å². The van der Waals surface area contributed by atoms with E-state index in [4.69, 9.17) is 15.5 Å². The predicted octanol–water partition coefficient (Wildman–Crippen LogP) is 3.23. The second kappa shape index (κ2) is 7.48. The predicted molar refractivity (Wildman–Crippen MR) is 113 cm³/mol. The van der Waals surface area contributed by atoms with Crippen LogP contribution in [0, 0.1) is 11.8 Å². The number of nitrogens with zero attached hydrogens (tertiary/aromatic N) is 3. The molecule has 5 rings (SSSR count). The smallest absolute Gasteiger partial charge is 0.252 e. The van der Waals surface area contributed by atoms with Crippen LogP contribution >= 0.6 is 0 Å². The van der Waals surface area contributed by atoms with E-state index in [1.165, 1.54) is 19.3 Å². The second-order valence-electron chi connectivity index (χ2n) is 8.04. The molecular formula is C22H25N5O2. The average molecular weight is 391 g/mol. The lowest BCUT2D eigenvalue weighted by molar-refractivity contribution is 0.328. The quantitative estimate of drug-likeness (QED) is 0.670. The first kappa shape index (κ1) is 18.1. The van der Waals surface area contributed by atoms with Gasteiger partial charge in [0.15, 0.2) is 0 Å². The Morgan fingerprint density at radius 3 is 2.72 bits per heavy atom. The molecule has 7 heteroatoms. The molecule has 1 aromatic carbocycles. The van der Waals surface area contributed by atoms with Crippen molar-refractivity contribution in [1.29, 1.82) is 0 Å². The molecule has 2 saturated carbocycles. The number of hydrogen-bond acceptors (Lipinski definition) is 6. The Morgan fingerprint density at radius 1 is 1.14 bits per heavy atom. The zero-order chi connectivity index (χ0) is 19.8. The number of hydrogen-bond donors (Lipinski definition) is 2. The third-order valence-electron chi connectivity index (χ3n) is 6.20. The fourth-order valence-corrected chi connectivity index (χ4v) is 4.89. The molecule has 3 aromatic rings. The molecule has 2 bridgehead atoms. The summed E-state index contributed by atoms with van der Waals surface area (Å²) in [6, 6.07) is 11.3. The molecule has 2 aliphatic carbocycles. The van der Waals surface area contributed by atoms with E-state index in [-0.39, 0.29) is 11.6 Å². The topological polar surface area (TPSA) is 95.1 Å². The first-order valence-corrected chi connectivity index (χ1v) is 10.3. The van der Waals surface area contributed by atoms with Crippen molar-refractivity contribution in [3.05, 3.63) is 52.9 Å². The van der Waals surface area contributed by atoms with Crippen LogP contribution in [-0.2, 0) is 0 Å². The standard InChI is InChI=1S/C22H25N5O2/c23-9-10-29-18-6-4-17(5-7-18)25-22-24-13-16-3-8-20(28)27(21(16)26-22)19-12-14-1-2-15(19)11-14/h3-8,13-15,19H,1-2,9-12,23H2,(H,24,25,26). The van der Waals surface area contributed by atoms with Crippen molar-refractivity contribution in [1.82, 2.24) is 14.5 Å². The van der Waals surface area contributed by atoms with Crippen molar-refractivity contribution in [3.63, 3.8) is 0 Å². The number of anilines is 2. The normalized spacial score (nSPS) is 22.9. The molecule has 2 aliphatic rings. The van der Waals surface area contributed by atoms with Gasteiger partial charge in [-0.3, -0.25) is 9.36 Å². The Labute approximate surface area is 168 Å². The van der Waals surface area contributed by atoms with Gasteiger partial charge in [0, 0.05) is 35.9 Å². The largest absolute Gasteiger partial charge is 0.492 e. The molecule has 3 N–H and O–H groups in total. The number of ether oxygens (including phenoxy) is 1. The highest BCUT2D eigenvalue weighted by Gasteiger charge is 2.41. The van der Waals surface area contributed by atoms with Crippen molar-refractivity contribution < 1.29 is 4.74 Å². The molecule has 0 aliphatic heterocycles. The van der Waals surface area contributed by atoms with Crippen molar-refractivity contribution in [2.75, 3.05) is 18.5 Å². The van der Waals surface area contributed by atoms with Crippen molar-refractivity contribution in [3.8, 4) is 5.75 Å². The Kier molecular flexibility index (Phi) is 4.67. The summed E-state index contributed by atoms with van der Waals surface area (Å²) >= 11 is 0. The number of fused-ring (bicyclic) bond motifs is 3.